The maximum Gasteiger partial charge on any atom is 0.161 e. The fraction of sp³-hybridized carbons (Fsp3) is 0.455. The largest absolute Gasteiger partial charge is 0.396 e. The second-order valence-corrected chi connectivity index (χ2v) is 4.41. The average Bonchev–Trinajstić information content (AvgIpc) is 2.22. The number of aliphatic hydroxyl groups is 1. The zero-order chi connectivity index (χ0) is 12.5. The van der Waals surface area contributed by atoms with Crippen LogP contribution >= 0.6 is 12.4 Å². The van der Waals surface area contributed by atoms with Crippen LogP contribution in [0.15, 0.2) is 12.1 Å². The minimum atomic E-state index is -1.25. The normalized spacial score (nSPS) is 13.1. The number of rotatable bonds is 3. The lowest BCUT2D eigenvalue weighted by molar-refractivity contribution is 0.130. The van der Waals surface area contributed by atoms with Crippen molar-refractivity contribution in [3.63, 3.8) is 0 Å². The summed E-state index contributed by atoms with van der Waals surface area (Å²) in [7, 11) is 0. The van der Waals surface area contributed by atoms with Crippen molar-refractivity contribution in [2.45, 2.75) is 19.9 Å². The van der Waals surface area contributed by atoms with E-state index in [-0.39, 0.29) is 24.6 Å². The first-order chi connectivity index (χ1) is 7.29. The van der Waals surface area contributed by atoms with Crippen molar-refractivity contribution in [2.24, 2.45) is 11.1 Å². The van der Waals surface area contributed by atoms with Crippen LogP contribution in [0, 0.1) is 22.9 Å². The van der Waals surface area contributed by atoms with E-state index in [0.29, 0.717) is 6.07 Å². The topological polar surface area (TPSA) is 46.2 Å². The molecule has 0 saturated carbocycles. The van der Waals surface area contributed by atoms with Crippen LogP contribution in [0.4, 0.5) is 13.2 Å². The van der Waals surface area contributed by atoms with E-state index in [1.165, 1.54) is 0 Å². The first-order valence-electron chi connectivity index (χ1n) is 4.80. The Morgan fingerprint density at radius 3 is 2.12 bits per heavy atom. The Kier molecular flexibility index (Phi) is 5.45. The summed E-state index contributed by atoms with van der Waals surface area (Å²) in [5.41, 5.74) is 4.76. The summed E-state index contributed by atoms with van der Waals surface area (Å²) >= 11 is 0. The van der Waals surface area contributed by atoms with E-state index in [0.717, 1.165) is 6.07 Å². The van der Waals surface area contributed by atoms with Gasteiger partial charge in [0, 0.05) is 29.7 Å². The minimum absolute atomic E-state index is 0. The molecule has 17 heavy (non-hydrogen) atoms. The third-order valence-electron chi connectivity index (χ3n) is 2.62. The van der Waals surface area contributed by atoms with Gasteiger partial charge in [-0.15, -0.1) is 12.4 Å². The van der Waals surface area contributed by atoms with Crippen molar-refractivity contribution < 1.29 is 18.3 Å². The van der Waals surface area contributed by atoms with Gasteiger partial charge in [-0.1, -0.05) is 13.8 Å². The summed E-state index contributed by atoms with van der Waals surface area (Å²) in [4.78, 5) is 0. The Labute approximate surface area is 104 Å². The summed E-state index contributed by atoms with van der Waals surface area (Å²) in [6, 6.07) is 0.276. The molecule has 0 aromatic heterocycles. The average molecular weight is 270 g/mol. The highest BCUT2D eigenvalue weighted by Gasteiger charge is 2.29. The van der Waals surface area contributed by atoms with Gasteiger partial charge in [0.25, 0.3) is 0 Å². The van der Waals surface area contributed by atoms with Gasteiger partial charge in [0.15, 0.2) is 11.6 Å². The molecule has 0 radical (unpaired) electrons. The number of nitrogens with two attached hydrogens (primary N) is 1. The van der Waals surface area contributed by atoms with Crippen LogP contribution in [0.2, 0.25) is 0 Å². The molecular formula is C11H15ClF3NO. The van der Waals surface area contributed by atoms with Crippen LogP contribution < -0.4 is 5.73 Å². The fourth-order valence-corrected chi connectivity index (χ4v) is 1.30. The molecule has 0 amide bonds. The van der Waals surface area contributed by atoms with Crippen molar-refractivity contribution in [2.75, 3.05) is 6.61 Å². The molecule has 0 fully saturated rings. The van der Waals surface area contributed by atoms with Crippen LogP contribution in [0.5, 0.6) is 0 Å². The van der Waals surface area contributed by atoms with Gasteiger partial charge >= 0.3 is 0 Å². The van der Waals surface area contributed by atoms with Crippen molar-refractivity contribution in [3.05, 3.63) is 35.1 Å². The quantitative estimate of drug-likeness (QED) is 0.829. The van der Waals surface area contributed by atoms with E-state index < -0.39 is 28.9 Å². The third-order valence-corrected chi connectivity index (χ3v) is 2.62. The van der Waals surface area contributed by atoms with Gasteiger partial charge in [0.2, 0.25) is 0 Å². The van der Waals surface area contributed by atoms with E-state index in [1.807, 2.05) is 0 Å². The molecule has 3 N–H and O–H groups in total. The zero-order valence-corrected chi connectivity index (χ0v) is 10.3. The van der Waals surface area contributed by atoms with Crippen molar-refractivity contribution in [3.8, 4) is 0 Å². The molecule has 0 aliphatic carbocycles. The number of halogens is 4. The SMILES string of the molecule is CC(C)(CO)[C@@H](N)c1cc(F)c(F)cc1F.Cl. The maximum atomic E-state index is 13.4. The summed E-state index contributed by atoms with van der Waals surface area (Å²) in [5.74, 6) is -3.32. The third kappa shape index (κ3) is 3.34. The predicted octanol–water partition coefficient (Wildman–Crippen LogP) is 2.54. The number of benzene rings is 1. The van der Waals surface area contributed by atoms with Gasteiger partial charge in [-0.25, -0.2) is 13.2 Å². The van der Waals surface area contributed by atoms with Gasteiger partial charge in [0.05, 0.1) is 0 Å². The summed E-state index contributed by atoms with van der Waals surface area (Å²) in [5, 5.41) is 9.07. The summed E-state index contributed by atoms with van der Waals surface area (Å²) < 4.78 is 39.0. The van der Waals surface area contributed by atoms with Gasteiger partial charge in [0.1, 0.15) is 5.82 Å². The molecular weight excluding hydrogens is 255 g/mol. The fourth-order valence-electron chi connectivity index (χ4n) is 1.30. The van der Waals surface area contributed by atoms with Gasteiger partial charge in [-0.2, -0.15) is 0 Å². The second-order valence-electron chi connectivity index (χ2n) is 4.41. The molecule has 6 heteroatoms. The lowest BCUT2D eigenvalue weighted by Gasteiger charge is -2.30. The molecule has 0 aliphatic rings. The summed E-state index contributed by atoms with van der Waals surface area (Å²) in [6.07, 6.45) is 0. The molecule has 1 atom stereocenters. The monoisotopic (exact) mass is 269 g/mol. The Hall–Kier alpha value is -0.780. The van der Waals surface area contributed by atoms with E-state index in [9.17, 15) is 13.2 Å². The lowest BCUT2D eigenvalue weighted by atomic mass is 9.81. The molecule has 0 aliphatic heterocycles. The number of aliphatic hydroxyl groups excluding tert-OH is 1. The van der Waals surface area contributed by atoms with E-state index >= 15 is 0 Å². The Morgan fingerprint density at radius 1 is 1.18 bits per heavy atom. The number of hydrogen-bond donors (Lipinski definition) is 2. The molecule has 0 heterocycles. The van der Waals surface area contributed by atoms with E-state index in [4.69, 9.17) is 10.8 Å². The molecule has 1 aromatic rings. The highest BCUT2D eigenvalue weighted by molar-refractivity contribution is 5.85. The van der Waals surface area contributed by atoms with Crippen LogP contribution in [0.25, 0.3) is 0 Å². The van der Waals surface area contributed by atoms with Crippen LogP contribution in [0.3, 0.4) is 0 Å². The Morgan fingerprint density at radius 2 is 1.65 bits per heavy atom. The van der Waals surface area contributed by atoms with Gasteiger partial charge < -0.3 is 10.8 Å². The maximum absolute atomic E-state index is 13.4. The number of hydrogen-bond acceptors (Lipinski definition) is 2. The van der Waals surface area contributed by atoms with Crippen molar-refractivity contribution >= 4 is 12.4 Å². The van der Waals surface area contributed by atoms with Crippen LogP contribution in [-0.4, -0.2) is 11.7 Å². The second kappa shape index (κ2) is 5.71. The summed E-state index contributed by atoms with van der Waals surface area (Å²) in [6.45, 7) is 2.93. The van der Waals surface area contributed by atoms with Crippen LogP contribution in [-0.2, 0) is 0 Å². The van der Waals surface area contributed by atoms with Crippen molar-refractivity contribution in [1.29, 1.82) is 0 Å². The van der Waals surface area contributed by atoms with Gasteiger partial charge in [-0.3, -0.25) is 0 Å². The molecule has 0 bridgehead atoms. The highest BCUT2D eigenvalue weighted by Crippen LogP contribution is 2.32. The molecule has 0 unspecified atom stereocenters. The van der Waals surface area contributed by atoms with E-state index in [1.54, 1.807) is 13.8 Å². The Bertz CT molecular complexity index is 399. The zero-order valence-electron chi connectivity index (χ0n) is 9.51. The van der Waals surface area contributed by atoms with E-state index in [2.05, 4.69) is 0 Å². The first-order valence-corrected chi connectivity index (χ1v) is 4.80. The molecule has 98 valence electrons. The molecule has 1 aromatic carbocycles. The van der Waals surface area contributed by atoms with Gasteiger partial charge in [-0.05, 0) is 6.07 Å². The molecule has 0 saturated heterocycles. The molecule has 0 spiro atoms. The minimum Gasteiger partial charge on any atom is -0.396 e. The van der Waals surface area contributed by atoms with Crippen molar-refractivity contribution in [1.82, 2.24) is 0 Å². The lowest BCUT2D eigenvalue weighted by Crippen LogP contribution is -2.33. The highest BCUT2D eigenvalue weighted by atomic mass is 35.5. The molecule has 1 rings (SSSR count). The predicted molar refractivity (Wildman–Crippen MR) is 61.4 cm³/mol. The van der Waals surface area contributed by atoms with Crippen LogP contribution in [0.1, 0.15) is 25.5 Å². The standard InChI is InChI=1S/C11H14F3NO.ClH/c1-11(2,5-16)10(15)6-3-8(13)9(14)4-7(6)12;/h3-4,10,16H,5,15H2,1-2H3;1H/t10-;/m0./s1. The Balaban J connectivity index is 0.00000256. The smallest absolute Gasteiger partial charge is 0.161 e. The first kappa shape index (κ1) is 16.2. The molecule has 2 nitrogen and oxygen atoms in total.